The van der Waals surface area contributed by atoms with E-state index in [-0.39, 0.29) is 0 Å². The predicted molar refractivity (Wildman–Crippen MR) is 173 cm³/mol. The molecule has 1 N–H and O–H groups in total. The van der Waals surface area contributed by atoms with E-state index in [2.05, 4.69) is 92.7 Å². The van der Waals surface area contributed by atoms with Crippen molar-refractivity contribution in [1.29, 1.82) is 0 Å². The quantitative estimate of drug-likeness (QED) is 0.0691. The second-order valence-corrected chi connectivity index (χ2v) is 14.9. The lowest BCUT2D eigenvalue weighted by Gasteiger charge is -2.31. The zero-order chi connectivity index (χ0) is 36.2. The van der Waals surface area contributed by atoms with E-state index >= 15 is 0 Å². The summed E-state index contributed by atoms with van der Waals surface area (Å²) < 4.78 is 134. The third-order valence-corrected chi connectivity index (χ3v) is 10.8. The largest absolute Gasteiger partial charge is 0.460 e. The Morgan fingerprint density at radius 3 is 1.25 bits per heavy atom. The summed E-state index contributed by atoms with van der Waals surface area (Å²) in [5, 5.41) is -2.66. The van der Waals surface area contributed by atoms with Gasteiger partial charge in [-0.15, -0.1) is 0 Å². The Labute approximate surface area is 277 Å². The average molecular weight is 731 g/mol. The number of halogens is 9. The van der Waals surface area contributed by atoms with Gasteiger partial charge in [0.25, 0.3) is 0 Å². The van der Waals surface area contributed by atoms with E-state index in [1.54, 1.807) is 0 Å². The molecular weight excluding hydrogens is 690 g/mol. The molecule has 0 aromatic heterocycles. The highest BCUT2D eigenvalue weighted by atomic mass is 32.2. The van der Waals surface area contributed by atoms with Gasteiger partial charge in [0, 0.05) is 0 Å². The smallest absolute Gasteiger partial charge is 0.281 e. The summed E-state index contributed by atoms with van der Waals surface area (Å²) in [5.74, 6) is -14.7. The number of rotatable bonds is 16. The summed E-state index contributed by atoms with van der Waals surface area (Å²) in [6, 6.07) is 30.0. The Morgan fingerprint density at radius 1 is 0.542 bits per heavy atom. The van der Waals surface area contributed by atoms with Crippen LogP contribution in [0.2, 0.25) is 0 Å². The van der Waals surface area contributed by atoms with Crippen LogP contribution in [0.4, 0.5) is 39.5 Å². The molecule has 0 bridgehead atoms. The van der Waals surface area contributed by atoms with Crippen molar-refractivity contribution in [2.24, 2.45) is 0 Å². The van der Waals surface area contributed by atoms with Crippen LogP contribution in [-0.4, -0.2) is 36.2 Å². The number of unbranched alkanes of at least 4 members (excludes halogenated alkanes) is 6. The molecule has 0 unspecified atom stereocenters. The highest BCUT2D eigenvalue weighted by Crippen LogP contribution is 2.54. The highest BCUT2D eigenvalue weighted by molar-refractivity contribution is 7.87. The van der Waals surface area contributed by atoms with E-state index < -0.39 is 41.3 Å². The number of hydrogen-bond acceptors (Lipinski definition) is 2. The molecule has 3 rings (SSSR count). The lowest BCUT2D eigenvalue weighted by atomic mass is 10.1. The van der Waals surface area contributed by atoms with Crippen LogP contribution in [0.25, 0.3) is 0 Å². The molecule has 3 nitrogen and oxygen atoms in total. The van der Waals surface area contributed by atoms with Gasteiger partial charge in [-0.05, 0) is 60.6 Å². The molecule has 0 saturated carbocycles. The molecule has 0 radical (unpaired) electrons. The van der Waals surface area contributed by atoms with E-state index in [0.717, 1.165) is 0 Å². The van der Waals surface area contributed by atoms with Gasteiger partial charge >= 0.3 is 33.4 Å². The molecule has 3 aromatic carbocycles. The van der Waals surface area contributed by atoms with Gasteiger partial charge in [-0.25, -0.2) is 0 Å². The van der Waals surface area contributed by atoms with Crippen molar-refractivity contribution in [3.8, 4) is 0 Å². The number of alkyl halides is 9. The van der Waals surface area contributed by atoms with Crippen LogP contribution in [0.1, 0.15) is 76.3 Å². The summed E-state index contributed by atoms with van der Waals surface area (Å²) in [4.78, 5) is 0. The first-order chi connectivity index (χ1) is 22.3. The fourth-order valence-corrected chi connectivity index (χ4v) is 7.39. The van der Waals surface area contributed by atoms with Gasteiger partial charge in [-0.3, -0.25) is 4.55 Å². The lowest BCUT2D eigenvalue weighted by molar-refractivity contribution is -0.382. The molecule has 0 aliphatic carbocycles. The Balaban J connectivity index is 0.000000401. The van der Waals surface area contributed by atoms with E-state index in [0.29, 0.717) is 0 Å². The maximum atomic E-state index is 12.2. The van der Waals surface area contributed by atoms with Crippen LogP contribution in [0.5, 0.6) is 0 Å². The Bertz CT molecular complexity index is 1430. The van der Waals surface area contributed by atoms with E-state index in [1.807, 2.05) is 0 Å². The summed E-state index contributed by atoms with van der Waals surface area (Å²) >= 11 is 0. The zero-order valence-corrected chi connectivity index (χ0v) is 28.3. The molecule has 0 heterocycles. The molecular formula is C34H40F9O3PS. The van der Waals surface area contributed by atoms with Crippen LogP contribution in [-0.2, 0) is 23.0 Å². The van der Waals surface area contributed by atoms with Crippen molar-refractivity contribution in [2.45, 2.75) is 101 Å². The van der Waals surface area contributed by atoms with Crippen molar-refractivity contribution in [2.75, 3.05) is 0 Å². The number of hydrogen-bond donors (Lipinski definition) is 1. The molecule has 48 heavy (non-hydrogen) atoms. The van der Waals surface area contributed by atoms with E-state index in [4.69, 9.17) is 4.55 Å². The highest BCUT2D eigenvalue weighted by Gasteiger charge is 2.85. The van der Waals surface area contributed by atoms with E-state index in [9.17, 15) is 47.9 Å². The third kappa shape index (κ3) is 10.7. The zero-order valence-electron chi connectivity index (χ0n) is 26.6. The van der Waals surface area contributed by atoms with Crippen molar-refractivity contribution >= 4 is 34.0 Å². The Hall–Kier alpha value is -2.63. The second-order valence-electron chi connectivity index (χ2n) is 11.3. The summed E-state index contributed by atoms with van der Waals surface area (Å²) in [7, 11) is -7.67. The van der Waals surface area contributed by atoms with Crippen molar-refractivity contribution in [1.82, 2.24) is 0 Å². The normalized spacial score (nSPS) is 12.9. The van der Waals surface area contributed by atoms with Gasteiger partial charge in [0.2, 0.25) is 0 Å². The van der Waals surface area contributed by atoms with Crippen molar-refractivity contribution < 1.29 is 52.5 Å². The van der Waals surface area contributed by atoms with Crippen LogP contribution in [0, 0.1) is 0 Å². The van der Waals surface area contributed by atoms with Gasteiger partial charge in [0.15, 0.2) is 0 Å². The summed E-state index contributed by atoms with van der Waals surface area (Å²) in [6.07, 6.45) is 5.89. The molecule has 14 heteroatoms. The van der Waals surface area contributed by atoms with Gasteiger partial charge in [-0.1, -0.05) is 131 Å². The van der Waals surface area contributed by atoms with Gasteiger partial charge in [0.05, 0.1) is 0 Å². The number of aryl methyl sites for hydroxylation is 2. The van der Waals surface area contributed by atoms with Gasteiger partial charge in [0.1, 0.15) is 0 Å². The molecule has 0 atom stereocenters. The second kappa shape index (κ2) is 17.9. The van der Waals surface area contributed by atoms with E-state index in [1.165, 1.54) is 91.2 Å². The fourth-order valence-electron chi connectivity index (χ4n) is 4.68. The van der Waals surface area contributed by atoms with Crippen LogP contribution in [0.3, 0.4) is 0 Å². The van der Waals surface area contributed by atoms with Crippen molar-refractivity contribution in [3.05, 3.63) is 90.0 Å². The summed E-state index contributed by atoms with van der Waals surface area (Å²) in [5.41, 5.74) is 2.95. The number of benzene rings is 3. The molecule has 0 aliphatic rings. The predicted octanol–water partition coefficient (Wildman–Crippen LogP) is 9.99. The minimum atomic E-state index is -7.37. The lowest BCUT2D eigenvalue weighted by Crippen LogP contribution is -2.63. The Morgan fingerprint density at radius 2 is 0.917 bits per heavy atom. The fraction of sp³-hybridized carbons (Fsp3) is 0.471. The van der Waals surface area contributed by atoms with Crippen LogP contribution < -0.4 is 15.9 Å². The monoisotopic (exact) mass is 730 g/mol. The molecule has 0 amide bonds. The minimum Gasteiger partial charge on any atom is -0.281 e. The first kappa shape index (κ1) is 41.5. The van der Waals surface area contributed by atoms with Crippen molar-refractivity contribution in [3.63, 3.8) is 0 Å². The minimum absolute atomic E-state index is 0.508. The first-order valence-corrected chi connectivity index (χ1v) is 18.3. The maximum absolute atomic E-state index is 12.2. The SMILES string of the molecule is CCCCCCc1ccc(P(c2ccccc2)c2ccc(CCCCCC)cc2)cc1.O=S(=O)(O)C(F)(F)C(F)(F)C(F)(F)C(F)(F)F. The molecule has 0 spiro atoms. The average Bonchev–Trinajstić information content (AvgIpc) is 3.02. The summed E-state index contributed by atoms with van der Waals surface area (Å²) in [6.45, 7) is 4.55. The topological polar surface area (TPSA) is 54.4 Å². The molecule has 3 aromatic rings. The molecule has 268 valence electrons. The third-order valence-electron chi connectivity index (χ3n) is 7.48. The Kier molecular flexibility index (Phi) is 15.5. The molecule has 0 fully saturated rings. The standard InChI is InChI=1S/C30H39P.C4HF9O3S/c1-3-5-7-10-14-26-18-22-29(23-19-26)31(28-16-12-9-13-17-28)30-24-20-27(21-25-30)15-11-8-6-4-2;5-1(6,3(9,10)11)2(7,8)4(12,13)17(14,15)16/h9,12-13,16-25H,3-8,10-11,14-15H2,1-2H3;(H,14,15,16). The first-order valence-electron chi connectivity index (χ1n) is 15.5. The van der Waals surface area contributed by atoms with Crippen LogP contribution >= 0.6 is 7.92 Å². The van der Waals surface area contributed by atoms with Gasteiger partial charge in [-0.2, -0.15) is 47.9 Å². The van der Waals surface area contributed by atoms with Gasteiger partial charge < -0.3 is 0 Å². The molecule has 0 aliphatic heterocycles. The maximum Gasteiger partial charge on any atom is 0.460 e. The van der Waals surface area contributed by atoms with Crippen LogP contribution in [0.15, 0.2) is 78.9 Å². The molecule has 0 saturated heterocycles.